The van der Waals surface area contributed by atoms with Crippen molar-refractivity contribution in [1.82, 2.24) is 0 Å². The molecule has 0 saturated carbocycles. The Morgan fingerprint density at radius 2 is 1.38 bits per heavy atom. The van der Waals surface area contributed by atoms with E-state index in [4.69, 9.17) is 36.5 Å². The fraction of sp³-hybridized carbons (Fsp3) is 0. The average molecular weight is 247 g/mol. The lowest BCUT2D eigenvalue weighted by atomic mass is 10.2. The number of halogens is 1. The van der Waals surface area contributed by atoms with Gasteiger partial charge < -0.3 is 15.3 Å². The Bertz CT molecular complexity index is 402. The smallest absolute Gasteiger partial charge is 0.414 e. The van der Waals surface area contributed by atoms with E-state index in [1.165, 1.54) is 6.07 Å². The van der Waals surface area contributed by atoms with Gasteiger partial charge in [0.1, 0.15) is 0 Å². The van der Waals surface area contributed by atoms with Crippen LogP contribution in [-0.4, -0.2) is 33.2 Å². The normalized spacial score (nSPS) is 8.56. The van der Waals surface area contributed by atoms with Gasteiger partial charge in [-0.1, -0.05) is 23.7 Å². The molecule has 1 aromatic carbocycles. The summed E-state index contributed by atoms with van der Waals surface area (Å²) in [6, 6.07) is 6.33. The van der Waals surface area contributed by atoms with E-state index in [9.17, 15) is 4.79 Å². The van der Waals surface area contributed by atoms with Crippen molar-refractivity contribution < 1.29 is 29.7 Å². The second-order valence-corrected chi connectivity index (χ2v) is 2.80. The van der Waals surface area contributed by atoms with Gasteiger partial charge in [-0.15, -0.1) is 0 Å². The van der Waals surface area contributed by atoms with Crippen molar-refractivity contribution in [1.29, 1.82) is 0 Å². The molecule has 1 aromatic rings. The molecular weight excluding hydrogens is 240 g/mol. The maximum absolute atomic E-state index is 10.3. The zero-order valence-electron chi connectivity index (χ0n) is 7.75. The van der Waals surface area contributed by atoms with Crippen molar-refractivity contribution in [3.8, 4) is 0 Å². The topological polar surface area (TPSA) is 112 Å². The molecule has 0 saturated heterocycles. The van der Waals surface area contributed by atoms with Gasteiger partial charge in [0.05, 0.1) is 10.6 Å². The Morgan fingerprint density at radius 1 is 0.938 bits per heavy atom. The van der Waals surface area contributed by atoms with Gasteiger partial charge in [-0.3, -0.25) is 0 Å². The molecule has 0 aliphatic heterocycles. The van der Waals surface area contributed by atoms with E-state index in [0.717, 1.165) is 0 Å². The summed E-state index contributed by atoms with van der Waals surface area (Å²) in [5.74, 6) is -4.64. The predicted octanol–water partition coefficient (Wildman–Crippen LogP) is 1.19. The van der Waals surface area contributed by atoms with Gasteiger partial charge in [0.15, 0.2) is 0 Å². The molecule has 16 heavy (non-hydrogen) atoms. The van der Waals surface area contributed by atoms with Crippen LogP contribution in [0.4, 0.5) is 0 Å². The van der Waals surface area contributed by atoms with Crippen molar-refractivity contribution >= 4 is 29.5 Å². The molecule has 0 bridgehead atoms. The molecular formula is C9H7ClO6. The summed E-state index contributed by atoms with van der Waals surface area (Å²) in [4.78, 5) is 28.5. The summed E-state index contributed by atoms with van der Waals surface area (Å²) in [6.45, 7) is 0. The summed E-state index contributed by atoms with van der Waals surface area (Å²) < 4.78 is 0. The quantitative estimate of drug-likeness (QED) is 0.642. The van der Waals surface area contributed by atoms with Crippen molar-refractivity contribution in [2.45, 2.75) is 0 Å². The van der Waals surface area contributed by atoms with Crippen LogP contribution in [0, 0.1) is 0 Å². The van der Waals surface area contributed by atoms with Crippen LogP contribution in [0.15, 0.2) is 24.3 Å². The highest BCUT2D eigenvalue weighted by Gasteiger charge is 2.05. The average Bonchev–Trinajstić information content (AvgIpc) is 2.18. The minimum Gasteiger partial charge on any atom is -0.478 e. The lowest BCUT2D eigenvalue weighted by molar-refractivity contribution is -0.159. The Kier molecular flexibility index (Phi) is 5.58. The van der Waals surface area contributed by atoms with Gasteiger partial charge in [0.25, 0.3) is 0 Å². The van der Waals surface area contributed by atoms with Crippen molar-refractivity contribution in [2.24, 2.45) is 0 Å². The first-order valence-corrected chi connectivity index (χ1v) is 4.18. The van der Waals surface area contributed by atoms with Crippen LogP contribution in [0.1, 0.15) is 10.4 Å². The molecule has 0 aliphatic rings. The highest BCUT2D eigenvalue weighted by Crippen LogP contribution is 2.13. The second kappa shape index (κ2) is 6.41. The van der Waals surface area contributed by atoms with Crippen molar-refractivity contribution in [3.63, 3.8) is 0 Å². The molecule has 0 radical (unpaired) electrons. The third kappa shape index (κ3) is 4.97. The number of carbonyl (C=O) groups is 3. The molecule has 7 heteroatoms. The number of aliphatic carboxylic acids is 2. The van der Waals surface area contributed by atoms with E-state index in [1.54, 1.807) is 18.2 Å². The summed E-state index contributed by atoms with van der Waals surface area (Å²) in [7, 11) is 0. The SMILES string of the molecule is O=C(O)C(=O)O.O=C(O)c1ccccc1Cl. The van der Waals surface area contributed by atoms with E-state index in [-0.39, 0.29) is 10.6 Å². The van der Waals surface area contributed by atoms with E-state index in [1.807, 2.05) is 0 Å². The molecule has 6 nitrogen and oxygen atoms in total. The van der Waals surface area contributed by atoms with Gasteiger partial charge in [0.2, 0.25) is 0 Å². The zero-order chi connectivity index (χ0) is 12.7. The monoisotopic (exact) mass is 246 g/mol. The third-order valence-corrected chi connectivity index (χ3v) is 1.62. The molecule has 0 unspecified atom stereocenters. The first-order valence-electron chi connectivity index (χ1n) is 3.80. The van der Waals surface area contributed by atoms with Crippen LogP contribution in [-0.2, 0) is 9.59 Å². The molecule has 0 fully saturated rings. The van der Waals surface area contributed by atoms with Gasteiger partial charge >= 0.3 is 17.9 Å². The van der Waals surface area contributed by atoms with Crippen LogP contribution in [0.25, 0.3) is 0 Å². The van der Waals surface area contributed by atoms with Crippen LogP contribution >= 0.6 is 11.6 Å². The number of aromatic carboxylic acids is 1. The van der Waals surface area contributed by atoms with E-state index in [2.05, 4.69) is 0 Å². The Labute approximate surface area is 94.7 Å². The van der Waals surface area contributed by atoms with E-state index < -0.39 is 17.9 Å². The maximum Gasteiger partial charge on any atom is 0.414 e. The van der Waals surface area contributed by atoms with Crippen LogP contribution in [0.5, 0.6) is 0 Å². The van der Waals surface area contributed by atoms with Gasteiger partial charge in [-0.05, 0) is 12.1 Å². The minimum atomic E-state index is -1.82. The summed E-state index contributed by atoms with van der Waals surface area (Å²) >= 11 is 5.54. The van der Waals surface area contributed by atoms with Gasteiger partial charge in [0, 0.05) is 0 Å². The first kappa shape index (κ1) is 13.9. The number of carboxylic acids is 3. The third-order valence-electron chi connectivity index (χ3n) is 1.29. The van der Waals surface area contributed by atoms with E-state index in [0.29, 0.717) is 0 Å². The van der Waals surface area contributed by atoms with E-state index >= 15 is 0 Å². The van der Waals surface area contributed by atoms with Crippen LogP contribution in [0.2, 0.25) is 5.02 Å². The van der Waals surface area contributed by atoms with Gasteiger partial charge in [-0.2, -0.15) is 0 Å². The Morgan fingerprint density at radius 3 is 1.62 bits per heavy atom. The van der Waals surface area contributed by atoms with Crippen molar-refractivity contribution in [3.05, 3.63) is 34.9 Å². The Hall–Kier alpha value is -2.08. The fourth-order valence-electron chi connectivity index (χ4n) is 0.635. The minimum absolute atomic E-state index is 0.143. The molecule has 0 heterocycles. The molecule has 0 aromatic heterocycles. The van der Waals surface area contributed by atoms with Crippen LogP contribution in [0.3, 0.4) is 0 Å². The summed E-state index contributed by atoms with van der Waals surface area (Å²) in [5, 5.41) is 23.5. The number of rotatable bonds is 1. The second-order valence-electron chi connectivity index (χ2n) is 2.40. The number of hydrogen-bond acceptors (Lipinski definition) is 3. The maximum atomic E-state index is 10.3. The molecule has 0 atom stereocenters. The number of hydrogen-bond donors (Lipinski definition) is 3. The highest BCUT2D eigenvalue weighted by atomic mass is 35.5. The molecule has 0 amide bonds. The van der Waals surface area contributed by atoms with Gasteiger partial charge in [-0.25, -0.2) is 14.4 Å². The zero-order valence-corrected chi connectivity index (χ0v) is 8.51. The number of carboxylic acid groups (broad SMARTS) is 3. The first-order chi connectivity index (χ1) is 7.36. The number of benzene rings is 1. The predicted molar refractivity (Wildman–Crippen MR) is 53.7 cm³/mol. The summed E-state index contributed by atoms with van der Waals surface area (Å²) in [5.41, 5.74) is 0.143. The summed E-state index contributed by atoms with van der Waals surface area (Å²) in [6.07, 6.45) is 0. The molecule has 0 spiro atoms. The molecule has 0 aliphatic carbocycles. The molecule has 86 valence electrons. The Balaban J connectivity index is 0.000000325. The lowest BCUT2D eigenvalue weighted by Gasteiger charge is -1.94. The molecule has 3 N–H and O–H groups in total. The van der Waals surface area contributed by atoms with Crippen LogP contribution < -0.4 is 0 Å². The highest BCUT2D eigenvalue weighted by molar-refractivity contribution is 6.33. The standard InChI is InChI=1S/C7H5ClO2.C2H2O4/c8-6-4-2-1-3-5(6)7(9)10;3-1(4)2(5)6/h1-4H,(H,9,10);(H,3,4)(H,5,6). The molecule has 1 rings (SSSR count). The largest absolute Gasteiger partial charge is 0.478 e. The fourth-order valence-corrected chi connectivity index (χ4v) is 0.851. The lowest BCUT2D eigenvalue weighted by Crippen LogP contribution is -2.09. The van der Waals surface area contributed by atoms with Crippen molar-refractivity contribution in [2.75, 3.05) is 0 Å².